The van der Waals surface area contributed by atoms with Crippen molar-refractivity contribution in [2.45, 2.75) is 37.0 Å². The molecule has 1 heterocycles. The average molecular weight is 309 g/mol. The van der Waals surface area contributed by atoms with Crippen molar-refractivity contribution in [3.8, 4) is 0 Å². The molecule has 1 atom stereocenters. The lowest BCUT2D eigenvalue weighted by Crippen LogP contribution is -2.65. The quantitative estimate of drug-likeness (QED) is 0.628. The zero-order chi connectivity index (χ0) is 15.8. The van der Waals surface area contributed by atoms with Crippen LogP contribution >= 0.6 is 0 Å². The molecular formula is C9H9F6NO4. The Labute approximate surface area is 108 Å². The molecule has 0 aromatic carbocycles. The summed E-state index contributed by atoms with van der Waals surface area (Å²) in [6.45, 7) is 0. The van der Waals surface area contributed by atoms with E-state index in [1.807, 2.05) is 0 Å². The number of methoxy groups -OCH3 is 1. The standard InChI is InChI=1S/C9H9F6NO4/c1-19-5(17)3-2-4-6(18)20-7(16-4,8(10,11)12)9(13,14)15/h4,16H,2-3H2,1H3/t4-/m0/s1. The Morgan fingerprint density at radius 1 is 1.30 bits per heavy atom. The van der Waals surface area contributed by atoms with Gasteiger partial charge in [-0.05, 0) is 6.42 Å². The topological polar surface area (TPSA) is 64.6 Å². The van der Waals surface area contributed by atoms with Gasteiger partial charge in [0.1, 0.15) is 6.04 Å². The number of rotatable bonds is 3. The summed E-state index contributed by atoms with van der Waals surface area (Å²) in [5.41, 5.74) is -4.75. The van der Waals surface area contributed by atoms with Gasteiger partial charge in [0.25, 0.3) is 0 Å². The number of ether oxygens (including phenoxy) is 2. The lowest BCUT2D eigenvalue weighted by molar-refractivity contribution is -0.369. The normalized spacial score (nSPS) is 22.6. The lowest BCUT2D eigenvalue weighted by atomic mass is 10.1. The first kappa shape index (κ1) is 16.5. The number of cyclic esters (lactones) is 1. The monoisotopic (exact) mass is 309 g/mol. The molecule has 11 heteroatoms. The van der Waals surface area contributed by atoms with E-state index >= 15 is 0 Å². The van der Waals surface area contributed by atoms with Gasteiger partial charge in [0.2, 0.25) is 0 Å². The van der Waals surface area contributed by atoms with Crippen LogP contribution in [0.5, 0.6) is 0 Å². The summed E-state index contributed by atoms with van der Waals surface area (Å²) in [5, 5.41) is 1.08. The highest BCUT2D eigenvalue weighted by atomic mass is 19.4. The van der Waals surface area contributed by atoms with Gasteiger partial charge < -0.3 is 9.47 Å². The third-order valence-corrected chi connectivity index (χ3v) is 2.58. The van der Waals surface area contributed by atoms with Crippen molar-refractivity contribution in [1.82, 2.24) is 5.32 Å². The molecule has 116 valence electrons. The molecule has 1 fully saturated rings. The fourth-order valence-electron chi connectivity index (χ4n) is 1.55. The van der Waals surface area contributed by atoms with Crippen LogP contribution in [0.1, 0.15) is 12.8 Å². The molecule has 0 aliphatic carbocycles. The molecule has 1 rings (SSSR count). The second kappa shape index (κ2) is 5.11. The fraction of sp³-hybridized carbons (Fsp3) is 0.778. The van der Waals surface area contributed by atoms with Crippen molar-refractivity contribution in [1.29, 1.82) is 0 Å². The van der Waals surface area contributed by atoms with Crippen molar-refractivity contribution in [3.05, 3.63) is 0 Å². The van der Waals surface area contributed by atoms with Crippen LogP contribution < -0.4 is 5.32 Å². The van der Waals surface area contributed by atoms with Gasteiger partial charge >= 0.3 is 30.0 Å². The Balaban J connectivity index is 2.94. The highest BCUT2D eigenvalue weighted by molar-refractivity contribution is 5.80. The second-order valence-electron chi connectivity index (χ2n) is 3.91. The molecule has 20 heavy (non-hydrogen) atoms. The third kappa shape index (κ3) is 2.81. The molecule has 0 amide bonds. The molecule has 0 bridgehead atoms. The molecule has 1 aliphatic heterocycles. The van der Waals surface area contributed by atoms with Gasteiger partial charge in [-0.1, -0.05) is 0 Å². The maximum Gasteiger partial charge on any atom is 0.452 e. The number of nitrogens with one attached hydrogen (secondary N) is 1. The van der Waals surface area contributed by atoms with Crippen LogP contribution in [0.25, 0.3) is 0 Å². The van der Waals surface area contributed by atoms with E-state index in [0.717, 1.165) is 12.4 Å². The van der Waals surface area contributed by atoms with Crippen LogP contribution in [0.2, 0.25) is 0 Å². The number of carbonyl (C=O) groups excluding carboxylic acids is 2. The van der Waals surface area contributed by atoms with Crippen LogP contribution in [0.15, 0.2) is 0 Å². The summed E-state index contributed by atoms with van der Waals surface area (Å²) in [7, 11) is 0.985. The fourth-order valence-corrected chi connectivity index (χ4v) is 1.55. The summed E-state index contributed by atoms with van der Waals surface area (Å²) in [6, 6.07) is -1.91. The van der Waals surface area contributed by atoms with Gasteiger partial charge in [-0.2, -0.15) is 26.3 Å². The average Bonchev–Trinajstić information content (AvgIpc) is 2.63. The van der Waals surface area contributed by atoms with E-state index in [4.69, 9.17) is 0 Å². The van der Waals surface area contributed by atoms with Crippen LogP contribution in [0.3, 0.4) is 0 Å². The Morgan fingerprint density at radius 3 is 2.15 bits per heavy atom. The Kier molecular flexibility index (Phi) is 4.22. The molecule has 0 radical (unpaired) electrons. The van der Waals surface area contributed by atoms with Gasteiger partial charge in [-0.25, -0.2) is 0 Å². The molecule has 0 aromatic rings. The van der Waals surface area contributed by atoms with E-state index in [9.17, 15) is 35.9 Å². The summed E-state index contributed by atoms with van der Waals surface area (Å²) in [4.78, 5) is 21.9. The SMILES string of the molecule is COC(=O)CC[C@@H]1NC(C(F)(F)F)(C(F)(F)F)OC1=O. The predicted molar refractivity (Wildman–Crippen MR) is 49.1 cm³/mol. The van der Waals surface area contributed by atoms with Crippen molar-refractivity contribution < 1.29 is 45.4 Å². The largest absolute Gasteiger partial charge is 0.469 e. The number of alkyl halides is 6. The molecule has 1 N–H and O–H groups in total. The Bertz CT molecular complexity index is 390. The van der Waals surface area contributed by atoms with Crippen LogP contribution in [0, 0.1) is 0 Å². The molecular weight excluding hydrogens is 300 g/mol. The predicted octanol–water partition coefficient (Wildman–Crippen LogP) is 1.28. The van der Waals surface area contributed by atoms with Crippen molar-refractivity contribution in [3.63, 3.8) is 0 Å². The Morgan fingerprint density at radius 2 is 1.80 bits per heavy atom. The van der Waals surface area contributed by atoms with E-state index in [2.05, 4.69) is 9.47 Å². The number of esters is 2. The van der Waals surface area contributed by atoms with Crippen LogP contribution in [-0.2, 0) is 19.1 Å². The number of hydrogen-bond donors (Lipinski definition) is 1. The molecule has 0 saturated carbocycles. The maximum atomic E-state index is 12.6. The molecule has 0 aromatic heterocycles. The molecule has 1 aliphatic rings. The summed E-state index contributed by atoms with van der Waals surface area (Å²) in [6.07, 6.45) is -12.9. The van der Waals surface area contributed by atoms with Crippen LogP contribution in [-0.4, -0.2) is 43.2 Å². The molecule has 0 spiro atoms. The number of hydrogen-bond acceptors (Lipinski definition) is 5. The van der Waals surface area contributed by atoms with E-state index in [1.165, 1.54) is 0 Å². The number of halogens is 6. The first-order valence-corrected chi connectivity index (χ1v) is 5.15. The first-order chi connectivity index (χ1) is 8.94. The van der Waals surface area contributed by atoms with E-state index in [1.54, 1.807) is 0 Å². The van der Waals surface area contributed by atoms with Gasteiger partial charge in [0.15, 0.2) is 0 Å². The second-order valence-corrected chi connectivity index (χ2v) is 3.91. The summed E-state index contributed by atoms with van der Waals surface area (Å²) in [5.74, 6) is -2.61. The lowest BCUT2D eigenvalue weighted by Gasteiger charge is -2.31. The summed E-state index contributed by atoms with van der Waals surface area (Å²) < 4.78 is 83.1. The smallest absolute Gasteiger partial charge is 0.452 e. The van der Waals surface area contributed by atoms with Crippen molar-refractivity contribution >= 4 is 11.9 Å². The van der Waals surface area contributed by atoms with Gasteiger partial charge in [0.05, 0.1) is 7.11 Å². The molecule has 0 unspecified atom stereocenters. The third-order valence-electron chi connectivity index (χ3n) is 2.58. The minimum Gasteiger partial charge on any atom is -0.469 e. The summed E-state index contributed by atoms with van der Waals surface area (Å²) >= 11 is 0. The maximum absolute atomic E-state index is 12.6. The molecule has 1 saturated heterocycles. The highest BCUT2D eigenvalue weighted by Crippen LogP contribution is 2.47. The number of carbonyl (C=O) groups is 2. The van der Waals surface area contributed by atoms with Gasteiger partial charge in [-0.15, -0.1) is 0 Å². The van der Waals surface area contributed by atoms with Crippen molar-refractivity contribution in [2.75, 3.05) is 7.11 Å². The van der Waals surface area contributed by atoms with E-state index in [0.29, 0.717) is 0 Å². The zero-order valence-electron chi connectivity index (χ0n) is 9.89. The molecule has 5 nitrogen and oxygen atoms in total. The van der Waals surface area contributed by atoms with Crippen molar-refractivity contribution in [2.24, 2.45) is 0 Å². The first-order valence-electron chi connectivity index (χ1n) is 5.15. The van der Waals surface area contributed by atoms with Gasteiger partial charge in [-0.3, -0.25) is 14.9 Å². The highest BCUT2D eigenvalue weighted by Gasteiger charge is 2.78. The van der Waals surface area contributed by atoms with Crippen LogP contribution in [0.4, 0.5) is 26.3 Å². The minimum atomic E-state index is -5.89. The Hall–Kier alpha value is -1.52. The zero-order valence-corrected chi connectivity index (χ0v) is 9.89. The van der Waals surface area contributed by atoms with E-state index in [-0.39, 0.29) is 0 Å². The van der Waals surface area contributed by atoms with Gasteiger partial charge in [0, 0.05) is 6.42 Å². The minimum absolute atomic E-state index is 0.533. The van der Waals surface area contributed by atoms with E-state index < -0.39 is 48.9 Å².